The maximum atomic E-state index is 2.63. The maximum absolute atomic E-state index is 2.63. The number of hydrogen-bond acceptors (Lipinski definition) is 0. The van der Waals surface area contributed by atoms with E-state index in [0.29, 0.717) is 0 Å². The minimum Gasteiger partial charge on any atom is -0.114 e. The summed E-state index contributed by atoms with van der Waals surface area (Å²) in [6.07, 6.45) is 16.4. The summed E-state index contributed by atoms with van der Waals surface area (Å²) in [6.45, 7) is 2.28. The Balaban J connectivity index is 2.85. The predicted molar refractivity (Wildman–Crippen MR) is 70.7 cm³/mol. The van der Waals surface area contributed by atoms with Gasteiger partial charge in [-0.3, -0.25) is 0 Å². The van der Waals surface area contributed by atoms with Crippen molar-refractivity contribution in [3.63, 3.8) is 0 Å². The van der Waals surface area contributed by atoms with Gasteiger partial charge in [0.05, 0.1) is 0 Å². The van der Waals surface area contributed by atoms with Crippen molar-refractivity contribution in [3.05, 3.63) is 11.9 Å². The molecule has 1 heteroatoms. The molecule has 0 aliphatic carbocycles. The van der Waals surface area contributed by atoms with Crippen molar-refractivity contribution >= 4 is 9.24 Å². The molecule has 0 nitrogen and oxygen atoms in total. The van der Waals surface area contributed by atoms with E-state index in [9.17, 15) is 0 Å². The molecule has 0 aromatic rings. The van der Waals surface area contributed by atoms with Gasteiger partial charge in [-0.25, -0.2) is 0 Å². The molecule has 0 heterocycles. The van der Waals surface area contributed by atoms with Crippen LogP contribution in [0, 0.1) is 0 Å². The van der Waals surface area contributed by atoms with Gasteiger partial charge in [0.2, 0.25) is 0 Å². The van der Waals surface area contributed by atoms with Crippen LogP contribution in [0.15, 0.2) is 11.9 Å². The molecule has 0 amide bonds. The van der Waals surface area contributed by atoms with Gasteiger partial charge in [0, 0.05) is 0 Å². The van der Waals surface area contributed by atoms with Crippen molar-refractivity contribution in [2.24, 2.45) is 0 Å². The molecule has 0 rings (SSSR count). The second kappa shape index (κ2) is 13.2. The maximum Gasteiger partial charge on any atom is -0.0347 e. The molecule has 0 saturated carbocycles. The Morgan fingerprint density at radius 3 is 1.79 bits per heavy atom. The lowest BCUT2D eigenvalue weighted by atomic mass is 10.1. The van der Waals surface area contributed by atoms with Gasteiger partial charge in [-0.1, -0.05) is 70.2 Å². The van der Waals surface area contributed by atoms with Gasteiger partial charge in [0.15, 0.2) is 0 Å². The first-order chi connectivity index (χ1) is 6.91. The molecule has 0 N–H and O–H groups in total. The van der Waals surface area contributed by atoms with E-state index in [-0.39, 0.29) is 0 Å². The van der Waals surface area contributed by atoms with E-state index in [1.54, 1.807) is 0 Å². The first kappa shape index (κ1) is 14.2. The monoisotopic (exact) mass is 214 g/mol. The van der Waals surface area contributed by atoms with E-state index in [2.05, 4.69) is 28.1 Å². The fourth-order valence-electron chi connectivity index (χ4n) is 1.67. The molecule has 0 bridgehead atoms. The lowest BCUT2D eigenvalue weighted by Crippen LogP contribution is -1.80. The molecule has 0 aromatic carbocycles. The van der Waals surface area contributed by atoms with Gasteiger partial charge < -0.3 is 0 Å². The Bertz CT molecular complexity index is 118. The second-order valence-corrected chi connectivity index (χ2v) is 4.43. The van der Waals surface area contributed by atoms with Crippen LogP contribution >= 0.6 is 9.24 Å². The highest BCUT2D eigenvalue weighted by atomic mass is 31.0. The highest BCUT2D eigenvalue weighted by Crippen LogP contribution is 2.10. The quantitative estimate of drug-likeness (QED) is 0.342. The van der Waals surface area contributed by atoms with Crippen molar-refractivity contribution in [1.29, 1.82) is 0 Å². The third-order valence-corrected chi connectivity index (χ3v) is 2.88. The first-order valence-electron chi connectivity index (χ1n) is 6.28. The van der Waals surface area contributed by atoms with Crippen molar-refractivity contribution in [3.8, 4) is 0 Å². The van der Waals surface area contributed by atoms with Crippen molar-refractivity contribution in [2.75, 3.05) is 0 Å². The van der Waals surface area contributed by atoms with Crippen molar-refractivity contribution in [2.45, 2.75) is 71.1 Å². The minimum atomic E-state index is 1.26. The predicted octanol–water partition coefficient (Wildman–Crippen LogP) is 5.30. The average molecular weight is 214 g/mol. The number of allylic oxidation sites excluding steroid dienone is 1. The molecule has 0 saturated heterocycles. The Labute approximate surface area is 92.8 Å². The fourth-order valence-corrected chi connectivity index (χ4v) is 1.86. The third-order valence-electron chi connectivity index (χ3n) is 2.61. The average Bonchev–Trinajstić information content (AvgIpc) is 2.21. The molecular formula is C13H27P. The smallest absolute Gasteiger partial charge is 0.0347 e. The molecule has 14 heavy (non-hydrogen) atoms. The number of hydrogen-bond donors (Lipinski definition) is 0. The molecule has 0 radical (unpaired) electrons. The van der Waals surface area contributed by atoms with Crippen LogP contribution in [0.2, 0.25) is 0 Å². The van der Waals surface area contributed by atoms with Gasteiger partial charge in [-0.05, 0) is 12.8 Å². The van der Waals surface area contributed by atoms with Crippen LogP contribution in [0.1, 0.15) is 71.1 Å². The fraction of sp³-hybridized carbons (Fsp3) is 0.846. The van der Waals surface area contributed by atoms with Crippen molar-refractivity contribution in [1.82, 2.24) is 0 Å². The molecule has 0 aromatic heterocycles. The SMILES string of the molecule is CCCCCCCCCCCC=CP. The Kier molecular flexibility index (Phi) is 13.3. The summed E-state index contributed by atoms with van der Waals surface area (Å²) in [7, 11) is 2.63. The van der Waals surface area contributed by atoms with E-state index in [4.69, 9.17) is 0 Å². The second-order valence-electron chi connectivity index (χ2n) is 4.05. The first-order valence-corrected chi connectivity index (χ1v) is 6.95. The van der Waals surface area contributed by atoms with Crippen LogP contribution in [-0.2, 0) is 0 Å². The molecular weight excluding hydrogens is 187 g/mol. The Morgan fingerprint density at radius 1 is 0.786 bits per heavy atom. The third kappa shape index (κ3) is 12.2. The van der Waals surface area contributed by atoms with Crippen LogP contribution in [0.3, 0.4) is 0 Å². The molecule has 0 aliphatic rings. The van der Waals surface area contributed by atoms with E-state index >= 15 is 0 Å². The summed E-state index contributed by atoms with van der Waals surface area (Å²) in [5.74, 6) is 2.07. The van der Waals surface area contributed by atoms with Gasteiger partial charge in [-0.2, -0.15) is 0 Å². The molecule has 1 atom stereocenters. The zero-order valence-corrected chi connectivity index (χ0v) is 11.0. The van der Waals surface area contributed by atoms with E-state index in [0.717, 1.165) is 0 Å². The molecule has 1 unspecified atom stereocenters. The number of unbranched alkanes of at least 4 members (excludes halogenated alkanes) is 9. The van der Waals surface area contributed by atoms with Gasteiger partial charge in [-0.15, -0.1) is 9.24 Å². The Morgan fingerprint density at radius 2 is 1.29 bits per heavy atom. The highest BCUT2D eigenvalue weighted by molar-refractivity contribution is 7.20. The summed E-state index contributed by atoms with van der Waals surface area (Å²) in [5, 5.41) is 0. The molecule has 84 valence electrons. The van der Waals surface area contributed by atoms with Crippen LogP contribution in [0.25, 0.3) is 0 Å². The Hall–Kier alpha value is 0.170. The topological polar surface area (TPSA) is 0 Å². The van der Waals surface area contributed by atoms with Crippen LogP contribution in [0.4, 0.5) is 0 Å². The van der Waals surface area contributed by atoms with Gasteiger partial charge in [0.25, 0.3) is 0 Å². The van der Waals surface area contributed by atoms with Gasteiger partial charge >= 0.3 is 0 Å². The van der Waals surface area contributed by atoms with Crippen LogP contribution in [0.5, 0.6) is 0 Å². The zero-order chi connectivity index (χ0) is 10.5. The normalized spacial score (nSPS) is 11.3. The summed E-state index contributed by atoms with van der Waals surface area (Å²) in [4.78, 5) is 0. The highest BCUT2D eigenvalue weighted by Gasteiger charge is 1.90. The number of rotatable bonds is 10. The van der Waals surface area contributed by atoms with E-state index in [1.165, 1.54) is 64.2 Å². The largest absolute Gasteiger partial charge is 0.114 e. The van der Waals surface area contributed by atoms with Gasteiger partial charge in [0.1, 0.15) is 0 Å². The van der Waals surface area contributed by atoms with Crippen LogP contribution in [-0.4, -0.2) is 0 Å². The molecule has 0 aliphatic heterocycles. The van der Waals surface area contributed by atoms with E-state index in [1.807, 2.05) is 0 Å². The summed E-state index contributed by atoms with van der Waals surface area (Å²) in [6, 6.07) is 0. The van der Waals surface area contributed by atoms with Crippen LogP contribution < -0.4 is 0 Å². The summed E-state index contributed by atoms with van der Waals surface area (Å²) < 4.78 is 0. The summed E-state index contributed by atoms with van der Waals surface area (Å²) in [5.41, 5.74) is 0. The lowest BCUT2D eigenvalue weighted by Gasteiger charge is -2.00. The lowest BCUT2D eigenvalue weighted by molar-refractivity contribution is 0.566. The van der Waals surface area contributed by atoms with Crippen molar-refractivity contribution < 1.29 is 0 Å². The summed E-state index contributed by atoms with van der Waals surface area (Å²) >= 11 is 0. The molecule has 0 spiro atoms. The molecule has 0 fully saturated rings. The minimum absolute atomic E-state index is 1.26. The van der Waals surface area contributed by atoms with E-state index < -0.39 is 0 Å². The standard InChI is InChI=1S/C13H27P/c1-2-3-4-5-6-7-8-9-10-11-12-13-14/h12-13H,2-11,14H2,1H3. The zero-order valence-electron chi connectivity index (χ0n) is 9.80.